The summed E-state index contributed by atoms with van der Waals surface area (Å²) in [5.74, 6) is 2.17. The molecule has 2 aromatic carbocycles. The number of halogens is 1. The van der Waals surface area contributed by atoms with Crippen LogP contribution < -0.4 is 19.1 Å². The summed E-state index contributed by atoms with van der Waals surface area (Å²) in [6.07, 6.45) is 5.76. The van der Waals surface area contributed by atoms with E-state index in [9.17, 15) is 9.18 Å². The van der Waals surface area contributed by atoms with Crippen LogP contribution in [-0.4, -0.2) is 49.9 Å². The van der Waals surface area contributed by atoms with Gasteiger partial charge in [0, 0.05) is 24.3 Å². The van der Waals surface area contributed by atoms with Gasteiger partial charge in [0.1, 0.15) is 5.82 Å². The zero-order chi connectivity index (χ0) is 26.5. The number of likely N-dealkylation sites (tertiary alicyclic amines) is 1. The molecule has 4 rings (SSSR count). The number of anilines is 1. The lowest BCUT2D eigenvalue weighted by atomic mass is 9.95. The summed E-state index contributed by atoms with van der Waals surface area (Å²) in [5.41, 5.74) is 2.50. The Labute approximate surface area is 220 Å². The molecule has 0 spiro atoms. The number of benzene rings is 2. The Balaban J connectivity index is 1.57. The molecule has 0 saturated carbocycles. The van der Waals surface area contributed by atoms with Gasteiger partial charge >= 0.3 is 0 Å². The molecule has 0 aromatic heterocycles. The van der Waals surface area contributed by atoms with Gasteiger partial charge in [-0.25, -0.2) is 4.39 Å². The number of hydrogen-bond acceptors (Lipinski definition) is 5. The summed E-state index contributed by atoms with van der Waals surface area (Å²) in [6, 6.07) is 9.55. The van der Waals surface area contributed by atoms with E-state index in [-0.39, 0.29) is 30.5 Å². The van der Waals surface area contributed by atoms with Crippen molar-refractivity contribution in [3.05, 3.63) is 47.3 Å². The predicted molar refractivity (Wildman–Crippen MR) is 144 cm³/mol. The predicted octanol–water partition coefficient (Wildman–Crippen LogP) is 6.44. The van der Waals surface area contributed by atoms with Crippen LogP contribution in [0, 0.1) is 12.7 Å². The molecule has 1 amide bonds. The second-order valence-electron chi connectivity index (χ2n) is 10.3. The zero-order valence-electron chi connectivity index (χ0n) is 22.9. The Kier molecular flexibility index (Phi) is 8.95. The van der Waals surface area contributed by atoms with Crippen molar-refractivity contribution in [2.45, 2.75) is 84.2 Å². The first-order valence-electron chi connectivity index (χ1n) is 13.7. The zero-order valence-corrected chi connectivity index (χ0v) is 22.9. The fourth-order valence-electron chi connectivity index (χ4n) is 5.89. The van der Waals surface area contributed by atoms with Crippen LogP contribution in [0.4, 0.5) is 10.1 Å². The molecule has 2 heterocycles. The van der Waals surface area contributed by atoms with Crippen LogP contribution in [0.25, 0.3) is 0 Å². The number of ether oxygens (including phenoxy) is 3. The van der Waals surface area contributed by atoms with E-state index in [1.165, 1.54) is 6.07 Å². The molecule has 6 nitrogen and oxygen atoms in total. The van der Waals surface area contributed by atoms with Gasteiger partial charge in [0.25, 0.3) is 0 Å². The van der Waals surface area contributed by atoms with Crippen molar-refractivity contribution in [1.82, 2.24) is 4.90 Å². The van der Waals surface area contributed by atoms with Gasteiger partial charge in [0.15, 0.2) is 11.5 Å². The van der Waals surface area contributed by atoms with Gasteiger partial charge in [-0.1, -0.05) is 33.6 Å². The van der Waals surface area contributed by atoms with Crippen molar-refractivity contribution in [2.75, 3.05) is 31.9 Å². The molecule has 202 valence electrons. The van der Waals surface area contributed by atoms with E-state index in [1.54, 1.807) is 20.1 Å². The minimum absolute atomic E-state index is 0.0836. The van der Waals surface area contributed by atoms with Crippen LogP contribution in [0.2, 0.25) is 0 Å². The highest BCUT2D eigenvalue weighted by Crippen LogP contribution is 2.45. The standard InChI is InChI=1S/C30H41FN2O4/c1-6-9-24(10-7-2)33(25-11-12-26(31)20(4)13-25)29(34)18-32-17-22(14-23(32)8-3)21-15-27(35-5)30-28(16-21)36-19-37-30/h11-13,15-16,22-24H,6-10,14,17-19H2,1-5H3. The first-order valence-corrected chi connectivity index (χ1v) is 13.7. The Hall–Kier alpha value is -2.80. The lowest BCUT2D eigenvalue weighted by Crippen LogP contribution is -2.47. The lowest BCUT2D eigenvalue weighted by Gasteiger charge is -2.34. The summed E-state index contributed by atoms with van der Waals surface area (Å²) in [6.45, 7) is 9.58. The van der Waals surface area contributed by atoms with Crippen molar-refractivity contribution in [3.63, 3.8) is 0 Å². The fraction of sp³-hybridized carbons (Fsp3) is 0.567. The third-order valence-electron chi connectivity index (χ3n) is 7.79. The van der Waals surface area contributed by atoms with Crippen LogP contribution in [0.15, 0.2) is 30.3 Å². The van der Waals surface area contributed by atoms with Crippen molar-refractivity contribution in [1.29, 1.82) is 0 Å². The second-order valence-corrected chi connectivity index (χ2v) is 10.3. The minimum atomic E-state index is -0.244. The average Bonchev–Trinajstić information content (AvgIpc) is 3.53. The molecular weight excluding hydrogens is 471 g/mol. The fourth-order valence-corrected chi connectivity index (χ4v) is 5.89. The molecule has 7 heteroatoms. The van der Waals surface area contributed by atoms with Gasteiger partial charge in [0.2, 0.25) is 18.4 Å². The van der Waals surface area contributed by atoms with E-state index < -0.39 is 0 Å². The molecule has 2 aliphatic rings. The Morgan fingerprint density at radius 3 is 2.57 bits per heavy atom. The van der Waals surface area contributed by atoms with E-state index >= 15 is 0 Å². The molecule has 1 saturated heterocycles. The Morgan fingerprint density at radius 1 is 1.16 bits per heavy atom. The van der Waals surface area contributed by atoms with Gasteiger partial charge in [-0.3, -0.25) is 9.69 Å². The normalized spacial score (nSPS) is 19.0. The van der Waals surface area contributed by atoms with Crippen molar-refractivity contribution in [2.24, 2.45) is 0 Å². The summed E-state index contributed by atoms with van der Waals surface area (Å²) in [5, 5.41) is 0. The maximum atomic E-state index is 14.1. The molecular formula is C30H41FN2O4. The molecule has 2 aromatic rings. The van der Waals surface area contributed by atoms with Gasteiger partial charge in [0.05, 0.1) is 13.7 Å². The van der Waals surface area contributed by atoms with Crippen molar-refractivity contribution < 1.29 is 23.4 Å². The van der Waals surface area contributed by atoms with Crippen molar-refractivity contribution in [3.8, 4) is 17.2 Å². The third kappa shape index (κ3) is 5.87. The largest absolute Gasteiger partial charge is 0.493 e. The van der Waals surface area contributed by atoms with Crippen LogP contribution in [0.5, 0.6) is 17.2 Å². The van der Waals surface area contributed by atoms with E-state index in [0.717, 1.165) is 62.1 Å². The quantitative estimate of drug-likeness (QED) is 0.347. The highest BCUT2D eigenvalue weighted by molar-refractivity contribution is 5.95. The van der Waals surface area contributed by atoms with Crippen molar-refractivity contribution >= 4 is 11.6 Å². The summed E-state index contributed by atoms with van der Waals surface area (Å²) < 4.78 is 30.9. The van der Waals surface area contributed by atoms with Gasteiger partial charge in [-0.15, -0.1) is 0 Å². The number of rotatable bonds is 11. The maximum absolute atomic E-state index is 14.1. The van der Waals surface area contributed by atoms with Gasteiger partial charge in [-0.2, -0.15) is 0 Å². The first-order chi connectivity index (χ1) is 17.9. The van der Waals surface area contributed by atoms with Gasteiger partial charge < -0.3 is 19.1 Å². The SMILES string of the molecule is CCCC(CCC)N(C(=O)CN1CC(c2cc(OC)c3c(c2)OCO3)CC1CC)c1ccc(F)c(C)c1. The molecule has 2 unspecified atom stereocenters. The lowest BCUT2D eigenvalue weighted by molar-refractivity contribution is -0.120. The molecule has 0 bridgehead atoms. The van der Waals surface area contributed by atoms with E-state index in [0.29, 0.717) is 29.6 Å². The number of methoxy groups -OCH3 is 1. The molecule has 37 heavy (non-hydrogen) atoms. The monoisotopic (exact) mass is 512 g/mol. The number of amides is 1. The smallest absolute Gasteiger partial charge is 0.241 e. The number of fused-ring (bicyclic) bond motifs is 1. The molecule has 0 aliphatic carbocycles. The Morgan fingerprint density at radius 2 is 1.92 bits per heavy atom. The van der Waals surface area contributed by atoms with E-state index in [1.807, 2.05) is 17.0 Å². The number of hydrogen-bond donors (Lipinski definition) is 0. The van der Waals surface area contributed by atoms with Crippen LogP contribution in [-0.2, 0) is 4.79 Å². The van der Waals surface area contributed by atoms with E-state index in [2.05, 4.69) is 31.7 Å². The summed E-state index contributed by atoms with van der Waals surface area (Å²) in [4.78, 5) is 18.2. The second kappa shape index (κ2) is 12.2. The molecule has 0 N–H and O–H groups in total. The average molecular weight is 513 g/mol. The molecule has 2 aliphatic heterocycles. The highest BCUT2D eigenvalue weighted by Gasteiger charge is 2.36. The molecule has 0 radical (unpaired) electrons. The number of carbonyl (C=O) groups excluding carboxylic acids is 1. The maximum Gasteiger partial charge on any atom is 0.241 e. The highest BCUT2D eigenvalue weighted by atomic mass is 19.1. The number of nitrogens with zero attached hydrogens (tertiary/aromatic N) is 2. The van der Waals surface area contributed by atoms with E-state index in [4.69, 9.17) is 14.2 Å². The molecule has 2 atom stereocenters. The molecule has 1 fully saturated rings. The van der Waals surface area contributed by atoms with Crippen LogP contribution in [0.3, 0.4) is 0 Å². The van der Waals surface area contributed by atoms with Crippen LogP contribution >= 0.6 is 0 Å². The number of aryl methyl sites for hydroxylation is 1. The summed E-state index contributed by atoms with van der Waals surface area (Å²) >= 11 is 0. The third-order valence-corrected chi connectivity index (χ3v) is 7.79. The summed E-state index contributed by atoms with van der Waals surface area (Å²) in [7, 11) is 1.64. The topological polar surface area (TPSA) is 51.2 Å². The Bertz CT molecular complexity index is 1090. The van der Waals surface area contributed by atoms with Crippen LogP contribution in [0.1, 0.15) is 76.3 Å². The first kappa shape index (κ1) is 27.2. The number of carbonyl (C=O) groups is 1. The minimum Gasteiger partial charge on any atom is -0.493 e. The van der Waals surface area contributed by atoms with Gasteiger partial charge in [-0.05, 0) is 80.0 Å².